The zero-order valence-electron chi connectivity index (χ0n) is 30.2. The van der Waals surface area contributed by atoms with Crippen LogP contribution in [0.2, 0.25) is 0 Å². The van der Waals surface area contributed by atoms with E-state index in [1.807, 2.05) is 12.5 Å². The van der Waals surface area contributed by atoms with Crippen LogP contribution in [0.1, 0.15) is 31.1 Å². The lowest BCUT2D eigenvalue weighted by atomic mass is 9.66. The van der Waals surface area contributed by atoms with E-state index in [0.29, 0.717) is 30.2 Å². The number of nitrogens with one attached hydrogen (secondary N) is 2. The predicted molar refractivity (Wildman–Crippen MR) is 215 cm³/mol. The van der Waals surface area contributed by atoms with Gasteiger partial charge in [-0.1, -0.05) is 66.9 Å². The van der Waals surface area contributed by atoms with Gasteiger partial charge in [-0.25, -0.2) is 0 Å². The van der Waals surface area contributed by atoms with Crippen LogP contribution < -0.4 is 21.1 Å². The van der Waals surface area contributed by atoms with E-state index in [4.69, 9.17) is 34.2 Å². The highest BCUT2D eigenvalue weighted by atomic mass is 33.1. The molecule has 0 spiro atoms. The SMILES string of the molecule is CSSC(COc1cccc(C(=O)NCCN)c1)OCCOCC(=O)NCC#C[B]C1OC(COC(C)(C)P(=O)(O)O)C1O[C@@H](CSC(C)=O)SSC. The second kappa shape index (κ2) is 26.0. The maximum absolute atomic E-state index is 12.2. The minimum absolute atomic E-state index is 0.0463. The molecule has 297 valence electrons. The van der Waals surface area contributed by atoms with Crippen molar-refractivity contribution in [3.05, 3.63) is 29.8 Å². The summed E-state index contributed by atoms with van der Waals surface area (Å²) in [5.41, 5.74) is 5.22. The van der Waals surface area contributed by atoms with E-state index in [1.165, 1.54) is 63.9 Å². The van der Waals surface area contributed by atoms with Gasteiger partial charge in [0.05, 0.1) is 32.4 Å². The van der Waals surface area contributed by atoms with E-state index in [2.05, 4.69) is 22.4 Å². The van der Waals surface area contributed by atoms with Crippen LogP contribution >= 0.6 is 62.5 Å². The van der Waals surface area contributed by atoms with Gasteiger partial charge in [0, 0.05) is 31.3 Å². The van der Waals surface area contributed by atoms with Gasteiger partial charge in [-0.2, -0.15) is 5.82 Å². The number of carbonyl (C=O) groups is 3. The second-order valence-electron chi connectivity index (χ2n) is 11.3. The van der Waals surface area contributed by atoms with Crippen molar-refractivity contribution in [1.82, 2.24) is 10.6 Å². The summed E-state index contributed by atoms with van der Waals surface area (Å²) in [6, 6.07) is 6.26. The lowest BCUT2D eigenvalue weighted by Gasteiger charge is -2.45. The normalized spacial score (nSPS) is 18.2. The summed E-state index contributed by atoms with van der Waals surface area (Å²) >= 11 is 1.13. The summed E-state index contributed by atoms with van der Waals surface area (Å²) in [4.78, 5) is 55.2. The van der Waals surface area contributed by atoms with Gasteiger partial charge in [-0.15, -0.1) is 0 Å². The van der Waals surface area contributed by atoms with Crippen LogP contribution in [0, 0.1) is 11.7 Å². The number of nitrogens with two attached hydrogens (primary N) is 1. The molecule has 15 nitrogen and oxygen atoms in total. The summed E-state index contributed by atoms with van der Waals surface area (Å²) in [6.07, 6.45) is 2.63. The number of ether oxygens (including phenoxy) is 6. The highest BCUT2D eigenvalue weighted by Crippen LogP contribution is 2.51. The summed E-state index contributed by atoms with van der Waals surface area (Å²) in [5, 5.41) is 3.61. The molecule has 5 atom stereocenters. The van der Waals surface area contributed by atoms with Gasteiger partial charge in [0.15, 0.2) is 10.5 Å². The highest BCUT2D eigenvalue weighted by molar-refractivity contribution is 8.77. The average molecular weight is 857 g/mol. The van der Waals surface area contributed by atoms with Crippen molar-refractivity contribution < 1.29 is 57.2 Å². The monoisotopic (exact) mass is 856 g/mol. The Morgan fingerprint density at radius 1 is 1.13 bits per heavy atom. The van der Waals surface area contributed by atoms with Gasteiger partial charge in [0.2, 0.25) is 5.91 Å². The highest BCUT2D eigenvalue weighted by Gasteiger charge is 2.47. The van der Waals surface area contributed by atoms with E-state index in [0.717, 1.165) is 11.8 Å². The standard InChI is InChI=1S/C31H48BN3O12PS5/c1-21(36)51-20-27(53-50-5)47-28-24(17-45-31(2,3)48(39,40)41)46-29(28)32-10-7-12-34-25(37)18-42-14-15-43-26(52-49-4)19-44-23-9-6-8-22(16-23)30(38)35-13-11-33/h6,8-9,16,24,26-29H,11-15,17-20,33H2,1-5H3,(H,34,37)(H,35,38)(H2,39,40,41)/t24?,26?,27-,28?,29?/m1/s1. The first-order chi connectivity index (χ1) is 25.2. The number of rotatable bonds is 26. The molecule has 1 saturated heterocycles. The topological polar surface area (TPSA) is 214 Å². The molecule has 0 aromatic heterocycles. The molecule has 1 aliphatic rings. The van der Waals surface area contributed by atoms with Crippen molar-refractivity contribution in [2.75, 3.05) is 70.9 Å². The van der Waals surface area contributed by atoms with Crippen LogP contribution in [0.5, 0.6) is 5.75 Å². The van der Waals surface area contributed by atoms with Crippen LogP contribution in [0.3, 0.4) is 0 Å². The molecule has 1 radical (unpaired) electrons. The number of thioether (sulfide) groups is 1. The van der Waals surface area contributed by atoms with E-state index >= 15 is 0 Å². The first-order valence-electron chi connectivity index (χ1n) is 16.2. The Morgan fingerprint density at radius 3 is 2.55 bits per heavy atom. The Hall–Kier alpha value is -1.09. The summed E-state index contributed by atoms with van der Waals surface area (Å²) in [6.45, 7) is 5.17. The molecule has 4 unspecified atom stereocenters. The Kier molecular flexibility index (Phi) is 23.5. The van der Waals surface area contributed by atoms with Crippen LogP contribution in [0.4, 0.5) is 0 Å². The molecule has 1 aromatic carbocycles. The van der Waals surface area contributed by atoms with Gasteiger partial charge in [0.25, 0.3) is 13.2 Å². The zero-order valence-corrected chi connectivity index (χ0v) is 35.2. The molecule has 1 aliphatic heterocycles. The molecule has 0 aliphatic carbocycles. The van der Waals surface area contributed by atoms with Crippen LogP contribution in [-0.4, -0.2) is 139 Å². The second-order valence-corrected chi connectivity index (χ2v) is 19.9. The van der Waals surface area contributed by atoms with Crippen LogP contribution in [0.15, 0.2) is 24.3 Å². The van der Waals surface area contributed by atoms with Crippen molar-refractivity contribution in [3.8, 4) is 17.5 Å². The number of benzene rings is 1. The number of hydrogen-bond acceptors (Lipinski definition) is 16. The molecule has 1 aromatic rings. The van der Waals surface area contributed by atoms with Crippen molar-refractivity contribution in [1.29, 1.82) is 0 Å². The van der Waals surface area contributed by atoms with E-state index in [1.54, 1.807) is 31.5 Å². The van der Waals surface area contributed by atoms with Gasteiger partial charge in [-0.05, 0) is 44.6 Å². The lowest BCUT2D eigenvalue weighted by molar-refractivity contribution is -0.233. The van der Waals surface area contributed by atoms with Crippen LogP contribution in [-0.2, 0) is 37.8 Å². The summed E-state index contributed by atoms with van der Waals surface area (Å²) in [7, 11) is 2.95. The average Bonchev–Trinajstić information content (AvgIpc) is 3.10. The third kappa shape index (κ3) is 19.1. The Morgan fingerprint density at radius 2 is 1.87 bits per heavy atom. The van der Waals surface area contributed by atoms with Crippen LogP contribution in [0.25, 0.3) is 0 Å². The van der Waals surface area contributed by atoms with Gasteiger partial charge in [0.1, 0.15) is 42.0 Å². The van der Waals surface area contributed by atoms with E-state index < -0.39 is 31.1 Å². The Balaban J connectivity index is 1.76. The van der Waals surface area contributed by atoms with Gasteiger partial charge < -0.3 is 54.6 Å². The van der Waals surface area contributed by atoms with E-state index in [-0.39, 0.29) is 67.4 Å². The third-order valence-electron chi connectivity index (χ3n) is 6.86. The quantitative estimate of drug-likeness (QED) is 0.0226. The van der Waals surface area contributed by atoms with Crippen molar-refractivity contribution in [2.45, 2.75) is 55.2 Å². The molecule has 6 N–H and O–H groups in total. The fraction of sp³-hybridized carbons (Fsp3) is 0.645. The molecular formula is C31H48BN3O12PS5. The minimum atomic E-state index is -4.54. The number of carbonyl (C=O) groups excluding carboxylic acids is 3. The zero-order chi connectivity index (χ0) is 39.3. The molecule has 22 heteroatoms. The van der Waals surface area contributed by atoms with E-state index in [9.17, 15) is 28.7 Å². The van der Waals surface area contributed by atoms with Gasteiger partial charge in [-0.3, -0.25) is 18.9 Å². The molecular weight excluding hydrogens is 808 g/mol. The summed E-state index contributed by atoms with van der Waals surface area (Å²) in [5.74, 6) is 6.02. The molecule has 1 heterocycles. The molecule has 53 heavy (non-hydrogen) atoms. The molecule has 0 bridgehead atoms. The fourth-order valence-electron chi connectivity index (χ4n) is 4.02. The largest absolute Gasteiger partial charge is 0.490 e. The third-order valence-corrected chi connectivity index (χ3v) is 13.3. The Bertz CT molecular complexity index is 1410. The molecule has 0 saturated carbocycles. The fourth-order valence-corrected chi connectivity index (χ4v) is 8.27. The molecule has 2 amide bonds. The lowest BCUT2D eigenvalue weighted by Crippen LogP contribution is -2.61. The number of amides is 2. The maximum Gasteiger partial charge on any atom is 0.356 e. The number of hydrogen-bond donors (Lipinski definition) is 5. The smallest absolute Gasteiger partial charge is 0.356 e. The molecule has 2 rings (SSSR count). The van der Waals surface area contributed by atoms with Gasteiger partial charge >= 0.3 is 7.60 Å². The first kappa shape index (κ1) is 48.1. The van der Waals surface area contributed by atoms with Crippen molar-refractivity contribution in [2.24, 2.45) is 5.73 Å². The minimum Gasteiger partial charge on any atom is -0.490 e. The summed E-state index contributed by atoms with van der Waals surface area (Å²) < 4.78 is 46.6. The van der Waals surface area contributed by atoms with Crippen molar-refractivity contribution in [3.63, 3.8) is 0 Å². The molecule has 1 fully saturated rings. The first-order valence-corrected chi connectivity index (χ1v) is 24.1. The predicted octanol–water partition coefficient (Wildman–Crippen LogP) is 2.56. The maximum atomic E-state index is 12.2. The Labute approximate surface area is 332 Å². The van der Waals surface area contributed by atoms with Crippen molar-refractivity contribution >= 4 is 86.7 Å².